The van der Waals surface area contributed by atoms with Gasteiger partial charge in [0.2, 0.25) is 0 Å². The van der Waals surface area contributed by atoms with E-state index in [0.717, 1.165) is 28.6 Å². The molecule has 1 atom stereocenters. The third-order valence-corrected chi connectivity index (χ3v) is 4.44. The Labute approximate surface area is 121 Å². The number of hydrogen-bond acceptors (Lipinski definition) is 3. The van der Waals surface area contributed by atoms with Crippen molar-refractivity contribution in [3.63, 3.8) is 0 Å². The van der Waals surface area contributed by atoms with E-state index in [1.807, 2.05) is 12.1 Å². The van der Waals surface area contributed by atoms with Crippen molar-refractivity contribution in [1.82, 2.24) is 5.32 Å². The molecule has 0 aliphatic carbocycles. The summed E-state index contributed by atoms with van der Waals surface area (Å²) in [6.07, 6.45) is 4.51. The van der Waals surface area contributed by atoms with Gasteiger partial charge in [-0.2, -0.15) is 0 Å². The summed E-state index contributed by atoms with van der Waals surface area (Å²) in [6.45, 7) is 3.07. The van der Waals surface area contributed by atoms with Gasteiger partial charge >= 0.3 is 0 Å². The van der Waals surface area contributed by atoms with Crippen molar-refractivity contribution in [1.29, 1.82) is 0 Å². The lowest BCUT2D eigenvalue weighted by molar-refractivity contribution is 0.550. The first-order valence-electron chi connectivity index (χ1n) is 6.72. The van der Waals surface area contributed by atoms with Crippen molar-refractivity contribution in [3.8, 4) is 0 Å². The molecule has 1 aromatic carbocycles. The Balaban J connectivity index is 1.99. The first-order valence-corrected chi connectivity index (χ1v) is 7.54. The molecule has 4 heteroatoms. The summed E-state index contributed by atoms with van der Waals surface area (Å²) >= 11 is 1.69. The molecule has 1 N–H and O–H groups in total. The minimum atomic E-state index is -0.191. The number of nitrogens with one attached hydrogen (secondary N) is 1. The van der Waals surface area contributed by atoms with Crippen molar-refractivity contribution in [3.05, 3.63) is 59.1 Å². The number of thiophene rings is 1. The van der Waals surface area contributed by atoms with Gasteiger partial charge in [0.25, 0.3) is 0 Å². The summed E-state index contributed by atoms with van der Waals surface area (Å²) in [5.74, 6) is -0.191. The van der Waals surface area contributed by atoms with E-state index in [9.17, 15) is 4.39 Å². The van der Waals surface area contributed by atoms with Gasteiger partial charge < -0.3 is 9.73 Å². The molecular weight excluding hydrogens is 273 g/mol. The summed E-state index contributed by atoms with van der Waals surface area (Å²) in [4.78, 5) is 1.18. The van der Waals surface area contributed by atoms with E-state index in [-0.39, 0.29) is 11.9 Å². The van der Waals surface area contributed by atoms with Gasteiger partial charge in [-0.05, 0) is 48.7 Å². The van der Waals surface area contributed by atoms with Crippen LogP contribution in [0.5, 0.6) is 0 Å². The smallest absolute Gasteiger partial charge is 0.123 e. The minimum Gasteiger partial charge on any atom is -0.472 e. The van der Waals surface area contributed by atoms with Crippen LogP contribution in [0, 0.1) is 5.82 Å². The van der Waals surface area contributed by atoms with E-state index in [4.69, 9.17) is 4.42 Å². The predicted molar refractivity (Wildman–Crippen MR) is 80.6 cm³/mol. The zero-order chi connectivity index (χ0) is 13.9. The van der Waals surface area contributed by atoms with Gasteiger partial charge in [-0.3, -0.25) is 0 Å². The maximum atomic E-state index is 13.3. The van der Waals surface area contributed by atoms with Gasteiger partial charge in [0.1, 0.15) is 5.82 Å². The van der Waals surface area contributed by atoms with Gasteiger partial charge in [0.15, 0.2) is 0 Å². The van der Waals surface area contributed by atoms with Crippen LogP contribution in [0.3, 0.4) is 0 Å². The van der Waals surface area contributed by atoms with Crippen molar-refractivity contribution in [2.45, 2.75) is 19.4 Å². The Hall–Kier alpha value is -1.65. The first kappa shape index (κ1) is 13.3. The quantitative estimate of drug-likeness (QED) is 0.735. The van der Waals surface area contributed by atoms with Gasteiger partial charge in [-0.1, -0.05) is 6.92 Å². The highest BCUT2D eigenvalue weighted by Gasteiger charge is 2.17. The second-order valence-electron chi connectivity index (χ2n) is 4.77. The molecule has 0 saturated heterocycles. The van der Waals surface area contributed by atoms with E-state index in [2.05, 4.69) is 18.3 Å². The fraction of sp³-hybridized carbons (Fsp3) is 0.250. The van der Waals surface area contributed by atoms with Crippen molar-refractivity contribution >= 4 is 21.4 Å². The summed E-state index contributed by atoms with van der Waals surface area (Å²) in [5, 5.41) is 4.48. The second kappa shape index (κ2) is 5.77. The standard InChI is InChI=1S/C16H16FNOS/c1-2-6-18-16(11-5-7-19-10-11)15-9-12-8-13(17)3-4-14(12)20-15/h3-5,7-10,16,18H,2,6H2,1H3. The number of fused-ring (bicyclic) bond motifs is 1. The molecule has 2 aromatic heterocycles. The summed E-state index contributed by atoms with van der Waals surface area (Å²) in [6, 6.07) is 9.07. The lowest BCUT2D eigenvalue weighted by atomic mass is 10.1. The van der Waals surface area contributed by atoms with Crippen LogP contribution in [0.4, 0.5) is 4.39 Å². The van der Waals surface area contributed by atoms with E-state index >= 15 is 0 Å². The summed E-state index contributed by atoms with van der Waals surface area (Å²) in [7, 11) is 0. The molecule has 104 valence electrons. The average Bonchev–Trinajstić information content (AvgIpc) is 3.08. The Morgan fingerprint density at radius 3 is 2.95 bits per heavy atom. The Bertz CT molecular complexity index is 690. The molecule has 3 rings (SSSR count). The van der Waals surface area contributed by atoms with E-state index in [0.29, 0.717) is 0 Å². The van der Waals surface area contributed by atoms with Gasteiger partial charge in [0, 0.05) is 15.1 Å². The van der Waals surface area contributed by atoms with Crippen LogP contribution in [0.1, 0.15) is 29.8 Å². The summed E-state index contributed by atoms with van der Waals surface area (Å²) < 4.78 is 19.6. The fourth-order valence-electron chi connectivity index (χ4n) is 2.29. The topological polar surface area (TPSA) is 25.2 Å². The molecule has 0 saturated carbocycles. The zero-order valence-electron chi connectivity index (χ0n) is 11.2. The monoisotopic (exact) mass is 289 g/mol. The molecular formula is C16H16FNOS. The second-order valence-corrected chi connectivity index (χ2v) is 5.89. The third-order valence-electron chi connectivity index (χ3n) is 3.26. The highest BCUT2D eigenvalue weighted by Crippen LogP contribution is 2.33. The van der Waals surface area contributed by atoms with Crippen LogP contribution in [-0.2, 0) is 0 Å². The molecule has 3 aromatic rings. The van der Waals surface area contributed by atoms with Crippen LogP contribution in [0.2, 0.25) is 0 Å². The van der Waals surface area contributed by atoms with Crippen LogP contribution in [0.25, 0.3) is 10.1 Å². The van der Waals surface area contributed by atoms with Crippen LogP contribution in [-0.4, -0.2) is 6.54 Å². The number of furan rings is 1. The van der Waals surface area contributed by atoms with Gasteiger partial charge in [0.05, 0.1) is 18.6 Å². The first-order chi connectivity index (χ1) is 9.78. The zero-order valence-corrected chi connectivity index (χ0v) is 12.0. The molecule has 0 amide bonds. The lowest BCUT2D eigenvalue weighted by Crippen LogP contribution is -2.21. The Morgan fingerprint density at radius 2 is 2.20 bits per heavy atom. The third kappa shape index (κ3) is 2.62. The van der Waals surface area contributed by atoms with E-state index in [1.165, 1.54) is 10.9 Å². The fourth-order valence-corrected chi connectivity index (χ4v) is 3.44. The van der Waals surface area contributed by atoms with Crippen LogP contribution < -0.4 is 5.32 Å². The molecule has 1 unspecified atom stereocenters. The van der Waals surface area contributed by atoms with Crippen LogP contribution in [0.15, 0.2) is 47.3 Å². The molecule has 2 heterocycles. The molecule has 0 aliphatic rings. The van der Waals surface area contributed by atoms with Crippen LogP contribution >= 0.6 is 11.3 Å². The summed E-state index contributed by atoms with van der Waals surface area (Å²) in [5.41, 5.74) is 1.10. The van der Waals surface area contributed by atoms with Crippen molar-refractivity contribution < 1.29 is 8.81 Å². The molecule has 0 fully saturated rings. The van der Waals surface area contributed by atoms with E-state index in [1.54, 1.807) is 29.9 Å². The normalized spacial score (nSPS) is 12.9. The molecule has 2 nitrogen and oxygen atoms in total. The Morgan fingerprint density at radius 1 is 1.30 bits per heavy atom. The molecule has 0 aliphatic heterocycles. The number of benzene rings is 1. The minimum absolute atomic E-state index is 0.106. The van der Waals surface area contributed by atoms with Crippen molar-refractivity contribution in [2.75, 3.05) is 6.54 Å². The maximum absolute atomic E-state index is 13.3. The highest BCUT2D eigenvalue weighted by atomic mass is 32.1. The number of rotatable bonds is 5. The highest BCUT2D eigenvalue weighted by molar-refractivity contribution is 7.19. The maximum Gasteiger partial charge on any atom is 0.123 e. The number of halogens is 1. The molecule has 0 spiro atoms. The predicted octanol–water partition coefficient (Wildman–Crippen LogP) is 4.72. The Kier molecular flexibility index (Phi) is 3.85. The average molecular weight is 289 g/mol. The molecule has 0 bridgehead atoms. The van der Waals surface area contributed by atoms with Gasteiger partial charge in [-0.15, -0.1) is 11.3 Å². The lowest BCUT2D eigenvalue weighted by Gasteiger charge is -2.15. The SMILES string of the molecule is CCCNC(c1ccoc1)c1cc2cc(F)ccc2s1. The van der Waals surface area contributed by atoms with Gasteiger partial charge in [-0.25, -0.2) is 4.39 Å². The largest absolute Gasteiger partial charge is 0.472 e. The molecule has 20 heavy (non-hydrogen) atoms. The molecule has 0 radical (unpaired) electrons. The van der Waals surface area contributed by atoms with Crippen molar-refractivity contribution in [2.24, 2.45) is 0 Å². The number of hydrogen-bond donors (Lipinski definition) is 1. The van der Waals surface area contributed by atoms with E-state index < -0.39 is 0 Å².